The molecular weight excluding hydrogens is 224 g/mol. The molecule has 1 amide bonds. The van der Waals surface area contributed by atoms with E-state index in [4.69, 9.17) is 0 Å². The van der Waals surface area contributed by atoms with E-state index in [1.165, 1.54) is 12.8 Å². The van der Waals surface area contributed by atoms with Crippen LogP contribution in [-0.2, 0) is 4.79 Å². The molecule has 1 atom stereocenters. The van der Waals surface area contributed by atoms with E-state index in [9.17, 15) is 4.79 Å². The highest BCUT2D eigenvalue weighted by atomic mass is 16.2. The molecule has 106 valence electrons. The van der Waals surface area contributed by atoms with Gasteiger partial charge < -0.3 is 10.2 Å². The minimum atomic E-state index is 0.213. The molecule has 1 aliphatic rings. The summed E-state index contributed by atoms with van der Waals surface area (Å²) in [4.78, 5) is 14.6. The molecule has 1 unspecified atom stereocenters. The van der Waals surface area contributed by atoms with Crippen molar-refractivity contribution in [1.29, 1.82) is 0 Å². The first-order valence-corrected chi connectivity index (χ1v) is 7.60. The zero-order chi connectivity index (χ0) is 13.5. The standard InChI is InChI=1S/C15H30N2O/c1-5-13(6-2)15(18)17(10-12(3)4)11-14-8-7-9-16-14/h12-14,16H,5-11H2,1-4H3. The lowest BCUT2D eigenvalue weighted by Crippen LogP contribution is -2.45. The molecule has 1 saturated heterocycles. The van der Waals surface area contributed by atoms with Gasteiger partial charge in [0.2, 0.25) is 5.91 Å². The molecule has 0 spiro atoms. The Morgan fingerprint density at radius 2 is 2.00 bits per heavy atom. The highest BCUT2D eigenvalue weighted by Gasteiger charge is 2.25. The van der Waals surface area contributed by atoms with Gasteiger partial charge in [0, 0.05) is 25.0 Å². The van der Waals surface area contributed by atoms with Crippen molar-refractivity contribution < 1.29 is 4.79 Å². The number of carbonyl (C=O) groups excluding carboxylic acids is 1. The zero-order valence-electron chi connectivity index (χ0n) is 12.5. The van der Waals surface area contributed by atoms with Crippen molar-refractivity contribution in [1.82, 2.24) is 10.2 Å². The molecule has 0 aromatic carbocycles. The third-order valence-electron chi connectivity index (χ3n) is 3.84. The molecule has 1 rings (SSSR count). The minimum Gasteiger partial charge on any atom is -0.341 e. The van der Waals surface area contributed by atoms with E-state index < -0.39 is 0 Å². The molecule has 3 nitrogen and oxygen atoms in total. The highest BCUT2D eigenvalue weighted by Crippen LogP contribution is 2.16. The molecule has 1 aliphatic heterocycles. The minimum absolute atomic E-state index is 0.213. The second-order valence-electron chi connectivity index (χ2n) is 5.94. The van der Waals surface area contributed by atoms with Crippen LogP contribution in [0.3, 0.4) is 0 Å². The maximum Gasteiger partial charge on any atom is 0.225 e. The van der Waals surface area contributed by atoms with Crippen LogP contribution in [0.25, 0.3) is 0 Å². The van der Waals surface area contributed by atoms with Crippen LogP contribution >= 0.6 is 0 Å². The number of nitrogens with one attached hydrogen (secondary N) is 1. The smallest absolute Gasteiger partial charge is 0.225 e. The number of amides is 1. The van der Waals surface area contributed by atoms with Crippen molar-refractivity contribution in [3.8, 4) is 0 Å². The molecule has 0 aromatic rings. The Hall–Kier alpha value is -0.570. The predicted octanol–water partition coefficient (Wildman–Crippen LogP) is 2.66. The van der Waals surface area contributed by atoms with Crippen molar-refractivity contribution in [3.63, 3.8) is 0 Å². The molecule has 1 fully saturated rings. The SMILES string of the molecule is CCC(CC)C(=O)N(CC(C)C)CC1CCCN1. The van der Waals surface area contributed by atoms with Crippen LogP contribution < -0.4 is 5.32 Å². The van der Waals surface area contributed by atoms with Crippen molar-refractivity contribution in [2.24, 2.45) is 11.8 Å². The summed E-state index contributed by atoms with van der Waals surface area (Å²) >= 11 is 0. The fourth-order valence-electron chi connectivity index (χ4n) is 2.77. The van der Waals surface area contributed by atoms with Crippen LogP contribution in [0.4, 0.5) is 0 Å². The van der Waals surface area contributed by atoms with Crippen molar-refractivity contribution in [2.45, 2.75) is 59.4 Å². The van der Waals surface area contributed by atoms with E-state index in [0.717, 1.165) is 32.5 Å². The van der Waals surface area contributed by atoms with Gasteiger partial charge in [0.1, 0.15) is 0 Å². The van der Waals surface area contributed by atoms with E-state index >= 15 is 0 Å². The largest absolute Gasteiger partial charge is 0.341 e. The Balaban J connectivity index is 2.60. The summed E-state index contributed by atoms with van der Waals surface area (Å²) in [5, 5.41) is 3.50. The second-order valence-corrected chi connectivity index (χ2v) is 5.94. The third-order valence-corrected chi connectivity index (χ3v) is 3.84. The molecule has 0 radical (unpaired) electrons. The first kappa shape index (κ1) is 15.5. The lowest BCUT2D eigenvalue weighted by molar-refractivity contribution is -0.136. The molecule has 1 N–H and O–H groups in total. The molecule has 0 bridgehead atoms. The molecule has 0 saturated carbocycles. The number of rotatable bonds is 7. The first-order chi connectivity index (χ1) is 8.58. The first-order valence-electron chi connectivity index (χ1n) is 7.60. The lowest BCUT2D eigenvalue weighted by atomic mass is 10.0. The Bertz CT molecular complexity index is 243. The van der Waals surface area contributed by atoms with E-state index in [1.54, 1.807) is 0 Å². The van der Waals surface area contributed by atoms with E-state index in [2.05, 4.69) is 37.9 Å². The Morgan fingerprint density at radius 3 is 2.44 bits per heavy atom. The van der Waals surface area contributed by atoms with Gasteiger partial charge in [0.25, 0.3) is 0 Å². The fourth-order valence-corrected chi connectivity index (χ4v) is 2.77. The summed E-state index contributed by atoms with van der Waals surface area (Å²) in [5.74, 6) is 1.12. The quantitative estimate of drug-likeness (QED) is 0.757. The summed E-state index contributed by atoms with van der Waals surface area (Å²) in [7, 11) is 0. The average Bonchev–Trinajstić information content (AvgIpc) is 2.82. The normalized spacial score (nSPS) is 19.8. The van der Waals surface area contributed by atoms with Crippen molar-refractivity contribution in [3.05, 3.63) is 0 Å². The zero-order valence-corrected chi connectivity index (χ0v) is 12.5. The molecule has 0 aromatic heterocycles. The number of hydrogen-bond acceptors (Lipinski definition) is 2. The van der Waals surface area contributed by atoms with Gasteiger partial charge in [-0.1, -0.05) is 27.7 Å². The van der Waals surface area contributed by atoms with Gasteiger partial charge in [-0.05, 0) is 38.1 Å². The van der Waals surface area contributed by atoms with Crippen LogP contribution in [0.15, 0.2) is 0 Å². The summed E-state index contributed by atoms with van der Waals surface area (Å²) in [5.41, 5.74) is 0. The summed E-state index contributed by atoms with van der Waals surface area (Å²) in [6.45, 7) is 11.5. The summed E-state index contributed by atoms with van der Waals surface area (Å²) < 4.78 is 0. The van der Waals surface area contributed by atoms with E-state index in [-0.39, 0.29) is 5.92 Å². The Morgan fingerprint density at radius 1 is 1.33 bits per heavy atom. The topological polar surface area (TPSA) is 32.3 Å². The number of nitrogens with zero attached hydrogens (tertiary/aromatic N) is 1. The molecular formula is C15H30N2O. The van der Waals surface area contributed by atoms with Crippen molar-refractivity contribution >= 4 is 5.91 Å². The van der Waals surface area contributed by atoms with Crippen molar-refractivity contribution in [2.75, 3.05) is 19.6 Å². The monoisotopic (exact) mass is 254 g/mol. The average molecular weight is 254 g/mol. The molecule has 1 heterocycles. The van der Waals surface area contributed by atoms with Gasteiger partial charge in [-0.2, -0.15) is 0 Å². The van der Waals surface area contributed by atoms with Gasteiger partial charge >= 0.3 is 0 Å². The van der Waals surface area contributed by atoms with Crippen LogP contribution in [0.2, 0.25) is 0 Å². The number of hydrogen-bond donors (Lipinski definition) is 1. The highest BCUT2D eigenvalue weighted by molar-refractivity contribution is 5.78. The summed E-state index contributed by atoms with van der Waals surface area (Å²) in [6, 6.07) is 0.516. The maximum absolute atomic E-state index is 12.5. The molecule has 18 heavy (non-hydrogen) atoms. The molecule has 3 heteroatoms. The second kappa shape index (κ2) is 7.78. The molecule has 0 aliphatic carbocycles. The van der Waals surface area contributed by atoms with Crippen LogP contribution in [0.1, 0.15) is 53.4 Å². The van der Waals surface area contributed by atoms with Crippen LogP contribution in [0.5, 0.6) is 0 Å². The predicted molar refractivity (Wildman–Crippen MR) is 76.5 cm³/mol. The van der Waals surface area contributed by atoms with Gasteiger partial charge in [0.15, 0.2) is 0 Å². The van der Waals surface area contributed by atoms with Gasteiger partial charge in [-0.3, -0.25) is 4.79 Å². The third kappa shape index (κ3) is 4.60. The Labute approximate surface area is 112 Å². The van der Waals surface area contributed by atoms with Crippen LogP contribution in [-0.4, -0.2) is 36.5 Å². The van der Waals surface area contributed by atoms with E-state index in [1.807, 2.05) is 0 Å². The fraction of sp³-hybridized carbons (Fsp3) is 0.933. The maximum atomic E-state index is 12.5. The van der Waals surface area contributed by atoms with Crippen LogP contribution in [0, 0.1) is 11.8 Å². The van der Waals surface area contributed by atoms with Gasteiger partial charge in [-0.25, -0.2) is 0 Å². The lowest BCUT2D eigenvalue weighted by Gasteiger charge is -2.30. The van der Waals surface area contributed by atoms with E-state index in [0.29, 0.717) is 17.9 Å². The Kier molecular flexibility index (Phi) is 6.69. The van der Waals surface area contributed by atoms with Gasteiger partial charge in [-0.15, -0.1) is 0 Å². The van der Waals surface area contributed by atoms with Gasteiger partial charge in [0.05, 0.1) is 0 Å². The summed E-state index contributed by atoms with van der Waals surface area (Å²) in [6.07, 6.45) is 4.38. The number of carbonyl (C=O) groups is 1.